The van der Waals surface area contributed by atoms with Crippen molar-refractivity contribution in [3.63, 3.8) is 0 Å². The summed E-state index contributed by atoms with van der Waals surface area (Å²) in [6, 6.07) is 0.487. The Bertz CT molecular complexity index is 431. The van der Waals surface area contributed by atoms with Crippen LogP contribution in [-0.2, 0) is 4.74 Å². The third-order valence-corrected chi connectivity index (χ3v) is 4.33. The molecule has 1 saturated heterocycles. The summed E-state index contributed by atoms with van der Waals surface area (Å²) in [6.07, 6.45) is 6.43. The smallest absolute Gasteiger partial charge is 0.177 e. The van der Waals surface area contributed by atoms with E-state index in [1.807, 2.05) is 0 Å². The van der Waals surface area contributed by atoms with Crippen molar-refractivity contribution in [1.29, 1.82) is 0 Å². The van der Waals surface area contributed by atoms with Crippen LogP contribution in [0.2, 0.25) is 0 Å². The van der Waals surface area contributed by atoms with E-state index < -0.39 is 0 Å². The van der Waals surface area contributed by atoms with Crippen molar-refractivity contribution in [2.24, 2.45) is 0 Å². The molecule has 1 aliphatic rings. The molecule has 0 radical (unpaired) electrons. The van der Waals surface area contributed by atoms with Gasteiger partial charge in [-0.05, 0) is 44.8 Å². The van der Waals surface area contributed by atoms with Crippen LogP contribution < -0.4 is 0 Å². The summed E-state index contributed by atoms with van der Waals surface area (Å²) >= 11 is 5.37. The Morgan fingerprint density at radius 2 is 2.24 bits per heavy atom. The Labute approximate surface area is 108 Å². The first-order valence-corrected chi connectivity index (χ1v) is 6.93. The van der Waals surface area contributed by atoms with Crippen molar-refractivity contribution < 1.29 is 4.74 Å². The first-order valence-electron chi connectivity index (χ1n) is 6.52. The van der Waals surface area contributed by atoms with Crippen LogP contribution in [0.1, 0.15) is 51.3 Å². The minimum absolute atomic E-state index is 0.0584. The Morgan fingerprint density at radius 1 is 1.53 bits per heavy atom. The lowest BCUT2D eigenvalue weighted by atomic mass is 9.86. The highest BCUT2D eigenvalue weighted by Crippen LogP contribution is 2.37. The van der Waals surface area contributed by atoms with Gasteiger partial charge in [0.25, 0.3) is 0 Å². The van der Waals surface area contributed by atoms with Gasteiger partial charge in [-0.15, -0.1) is 0 Å². The average Bonchev–Trinajstić information content (AvgIpc) is 2.68. The van der Waals surface area contributed by atoms with E-state index in [1.165, 1.54) is 0 Å². The van der Waals surface area contributed by atoms with E-state index >= 15 is 0 Å². The number of nitrogens with zero attached hydrogens (tertiary/aromatic N) is 1. The molecule has 2 heterocycles. The Morgan fingerprint density at radius 3 is 2.76 bits per heavy atom. The topological polar surface area (TPSA) is 29.9 Å². The van der Waals surface area contributed by atoms with E-state index in [4.69, 9.17) is 17.0 Å². The van der Waals surface area contributed by atoms with Gasteiger partial charge in [-0.1, -0.05) is 13.8 Å². The summed E-state index contributed by atoms with van der Waals surface area (Å²) in [4.78, 5) is 3.21. The molecule has 1 N–H and O–H groups in total. The molecule has 1 unspecified atom stereocenters. The maximum atomic E-state index is 6.00. The second-order valence-corrected chi connectivity index (χ2v) is 5.42. The number of imidazole rings is 1. The van der Waals surface area contributed by atoms with Gasteiger partial charge < -0.3 is 14.3 Å². The van der Waals surface area contributed by atoms with Crippen LogP contribution in [0.15, 0.2) is 6.20 Å². The maximum Gasteiger partial charge on any atom is 0.177 e. The number of ether oxygens (including phenoxy) is 1. The molecule has 2 rings (SSSR count). The van der Waals surface area contributed by atoms with Crippen molar-refractivity contribution >= 4 is 12.2 Å². The molecule has 1 aromatic heterocycles. The second kappa shape index (κ2) is 4.94. The van der Waals surface area contributed by atoms with E-state index in [0.717, 1.165) is 42.8 Å². The SMILES string of the molecule is CCC1(CC)CC(n2cc(C)[nH]c2=S)CCO1. The normalized spacial score (nSPS) is 23.8. The summed E-state index contributed by atoms with van der Waals surface area (Å²) in [5, 5.41) is 0. The van der Waals surface area contributed by atoms with Crippen LogP contribution in [0.25, 0.3) is 0 Å². The van der Waals surface area contributed by atoms with Crippen LogP contribution in [-0.4, -0.2) is 21.8 Å². The van der Waals surface area contributed by atoms with Crippen LogP contribution in [0.5, 0.6) is 0 Å². The Hall–Kier alpha value is -0.610. The molecule has 1 fully saturated rings. The molecule has 1 atom stereocenters. The molecule has 0 aromatic carbocycles. The number of aromatic nitrogens is 2. The lowest BCUT2D eigenvalue weighted by Crippen LogP contribution is -2.39. The predicted molar refractivity (Wildman–Crippen MR) is 71.9 cm³/mol. The number of hydrogen-bond donors (Lipinski definition) is 1. The standard InChI is InChI=1S/C13H22N2OS/c1-4-13(5-2)8-11(6-7-16-13)15-9-10(3)14-12(15)17/h9,11H,4-8H2,1-3H3,(H,14,17). The van der Waals surface area contributed by atoms with Crippen molar-refractivity contribution in [3.05, 3.63) is 16.7 Å². The van der Waals surface area contributed by atoms with Crippen LogP contribution in [0.4, 0.5) is 0 Å². The van der Waals surface area contributed by atoms with E-state index in [2.05, 4.69) is 36.5 Å². The fourth-order valence-electron chi connectivity index (χ4n) is 2.79. The zero-order chi connectivity index (χ0) is 12.5. The lowest BCUT2D eigenvalue weighted by molar-refractivity contribution is -0.0988. The van der Waals surface area contributed by atoms with Gasteiger partial charge in [0.15, 0.2) is 4.77 Å². The van der Waals surface area contributed by atoms with Gasteiger partial charge in [-0.3, -0.25) is 0 Å². The molecule has 4 heteroatoms. The third-order valence-electron chi connectivity index (χ3n) is 4.02. The molecular weight excluding hydrogens is 232 g/mol. The fraction of sp³-hybridized carbons (Fsp3) is 0.769. The van der Waals surface area contributed by atoms with E-state index in [9.17, 15) is 0 Å². The summed E-state index contributed by atoms with van der Waals surface area (Å²) < 4.78 is 9.06. The van der Waals surface area contributed by atoms with Crippen molar-refractivity contribution in [2.45, 2.75) is 58.1 Å². The summed E-state index contributed by atoms with van der Waals surface area (Å²) in [6.45, 7) is 7.33. The van der Waals surface area contributed by atoms with Crippen LogP contribution in [0.3, 0.4) is 0 Å². The molecule has 96 valence electrons. The largest absolute Gasteiger partial charge is 0.375 e. The second-order valence-electron chi connectivity index (χ2n) is 5.03. The van der Waals surface area contributed by atoms with Crippen LogP contribution in [0, 0.1) is 11.7 Å². The van der Waals surface area contributed by atoms with Gasteiger partial charge in [-0.25, -0.2) is 0 Å². The number of H-pyrrole nitrogens is 1. The lowest BCUT2D eigenvalue weighted by Gasteiger charge is -2.40. The van der Waals surface area contributed by atoms with Gasteiger partial charge in [0.05, 0.1) is 5.60 Å². The molecule has 1 aromatic rings. The van der Waals surface area contributed by atoms with Crippen molar-refractivity contribution in [1.82, 2.24) is 9.55 Å². The highest BCUT2D eigenvalue weighted by molar-refractivity contribution is 7.71. The number of hydrogen-bond acceptors (Lipinski definition) is 2. The summed E-state index contributed by atoms with van der Waals surface area (Å²) in [7, 11) is 0. The monoisotopic (exact) mass is 254 g/mol. The fourth-order valence-corrected chi connectivity index (χ4v) is 3.15. The molecule has 0 aliphatic carbocycles. The number of rotatable bonds is 3. The van der Waals surface area contributed by atoms with Gasteiger partial charge in [-0.2, -0.15) is 0 Å². The van der Waals surface area contributed by atoms with E-state index in [1.54, 1.807) is 0 Å². The quantitative estimate of drug-likeness (QED) is 0.832. The van der Waals surface area contributed by atoms with E-state index in [-0.39, 0.29) is 5.60 Å². The zero-order valence-corrected chi connectivity index (χ0v) is 11.8. The van der Waals surface area contributed by atoms with Crippen molar-refractivity contribution in [3.8, 4) is 0 Å². The highest BCUT2D eigenvalue weighted by atomic mass is 32.1. The predicted octanol–water partition coefficient (Wildman–Crippen LogP) is 3.76. The summed E-state index contributed by atoms with van der Waals surface area (Å²) in [5.74, 6) is 0. The Kier molecular flexibility index (Phi) is 3.73. The van der Waals surface area contributed by atoms with E-state index in [0.29, 0.717) is 6.04 Å². The van der Waals surface area contributed by atoms with Gasteiger partial charge in [0, 0.05) is 24.5 Å². The summed E-state index contributed by atoms with van der Waals surface area (Å²) in [5.41, 5.74) is 1.20. The minimum Gasteiger partial charge on any atom is -0.375 e. The Balaban J connectivity index is 2.23. The minimum atomic E-state index is 0.0584. The number of aryl methyl sites for hydroxylation is 1. The molecule has 0 saturated carbocycles. The van der Waals surface area contributed by atoms with Gasteiger partial charge in [0.2, 0.25) is 0 Å². The molecule has 0 amide bonds. The van der Waals surface area contributed by atoms with Gasteiger partial charge >= 0.3 is 0 Å². The third kappa shape index (κ3) is 2.47. The average molecular weight is 254 g/mol. The molecule has 0 spiro atoms. The first kappa shape index (κ1) is 12.8. The number of nitrogens with one attached hydrogen (secondary N) is 1. The molecule has 1 aliphatic heterocycles. The van der Waals surface area contributed by atoms with Crippen molar-refractivity contribution in [2.75, 3.05) is 6.61 Å². The zero-order valence-electron chi connectivity index (χ0n) is 11.0. The van der Waals surface area contributed by atoms with Gasteiger partial charge in [0.1, 0.15) is 0 Å². The number of aromatic amines is 1. The molecule has 3 nitrogen and oxygen atoms in total. The molecule has 0 bridgehead atoms. The molecular formula is C13H22N2OS. The van der Waals surface area contributed by atoms with Crippen LogP contribution >= 0.6 is 12.2 Å². The maximum absolute atomic E-state index is 6.00. The first-order chi connectivity index (χ1) is 8.10. The highest BCUT2D eigenvalue weighted by Gasteiger charge is 2.35. The molecule has 17 heavy (non-hydrogen) atoms.